The van der Waals surface area contributed by atoms with Gasteiger partial charge in [0.05, 0.1) is 10.6 Å². The second kappa shape index (κ2) is 7.94. The Balaban J connectivity index is 1.20. The van der Waals surface area contributed by atoms with Gasteiger partial charge < -0.3 is 10.2 Å². The largest absolute Gasteiger partial charge is 0.326 e. The van der Waals surface area contributed by atoms with Crippen molar-refractivity contribution in [3.05, 3.63) is 60.7 Å². The van der Waals surface area contributed by atoms with Gasteiger partial charge in [0.15, 0.2) is 0 Å². The Kier molecular flexibility index (Phi) is 5.09. The summed E-state index contributed by atoms with van der Waals surface area (Å²) in [7, 11) is -3.60. The van der Waals surface area contributed by atoms with Crippen LogP contribution in [0, 0.1) is 0 Å². The molecule has 32 heavy (non-hydrogen) atoms. The van der Waals surface area contributed by atoms with Crippen molar-refractivity contribution in [2.24, 2.45) is 0 Å². The van der Waals surface area contributed by atoms with Crippen LogP contribution in [0.3, 0.4) is 0 Å². The maximum Gasteiger partial charge on any atom is 0.265 e. The van der Waals surface area contributed by atoms with E-state index in [1.54, 1.807) is 29.2 Å². The molecule has 3 aromatic carbocycles. The zero-order chi connectivity index (χ0) is 22.3. The number of anilines is 3. The number of hydrogen-bond acceptors (Lipinski definition) is 4. The average Bonchev–Trinajstić information content (AvgIpc) is 3.30. The molecule has 3 aromatic rings. The molecule has 7 nitrogen and oxygen atoms in total. The van der Waals surface area contributed by atoms with E-state index in [9.17, 15) is 18.0 Å². The molecule has 1 saturated heterocycles. The van der Waals surface area contributed by atoms with Crippen LogP contribution in [-0.2, 0) is 19.6 Å². The molecule has 0 bridgehead atoms. The van der Waals surface area contributed by atoms with Gasteiger partial charge in [-0.1, -0.05) is 24.3 Å². The van der Waals surface area contributed by atoms with Gasteiger partial charge in [-0.3, -0.25) is 13.9 Å². The van der Waals surface area contributed by atoms with Crippen molar-refractivity contribution in [3.63, 3.8) is 0 Å². The number of benzene rings is 3. The number of hydrogen-bond donors (Lipinski definition) is 1. The molecular formula is C24H23N3O4S. The van der Waals surface area contributed by atoms with E-state index >= 15 is 0 Å². The zero-order valence-corrected chi connectivity index (χ0v) is 18.3. The topological polar surface area (TPSA) is 86.8 Å². The first-order valence-electron chi connectivity index (χ1n) is 10.7. The lowest BCUT2D eigenvalue weighted by atomic mass is 10.1. The van der Waals surface area contributed by atoms with Crippen molar-refractivity contribution >= 4 is 49.7 Å². The summed E-state index contributed by atoms with van der Waals surface area (Å²) in [6.07, 6.45) is 2.04. The van der Waals surface area contributed by atoms with Crippen molar-refractivity contribution in [1.82, 2.24) is 0 Å². The molecular weight excluding hydrogens is 426 g/mol. The quantitative estimate of drug-likeness (QED) is 0.619. The first-order chi connectivity index (χ1) is 15.4. The van der Waals surface area contributed by atoms with E-state index in [1.807, 2.05) is 36.4 Å². The monoisotopic (exact) mass is 449 g/mol. The highest BCUT2D eigenvalue weighted by Crippen LogP contribution is 2.42. The Hall–Kier alpha value is -3.39. The van der Waals surface area contributed by atoms with Gasteiger partial charge in [-0.05, 0) is 54.6 Å². The van der Waals surface area contributed by atoms with Gasteiger partial charge in [0.25, 0.3) is 10.0 Å². The second-order valence-corrected chi connectivity index (χ2v) is 9.89. The van der Waals surface area contributed by atoms with Crippen molar-refractivity contribution < 1.29 is 18.0 Å². The minimum Gasteiger partial charge on any atom is -0.326 e. The standard InChI is InChI=1S/C24H23N3O4S/c28-22(25-18-11-13-19(14-12-18)26-15-4-10-23(26)29)9-3-16-27-20-7-1-5-17-6-2-8-21(24(17)20)32(27,30)31/h1-2,5-8,11-14H,3-4,9-10,15-16H2,(H,25,28). The van der Waals surface area contributed by atoms with E-state index in [-0.39, 0.29) is 24.8 Å². The number of carbonyl (C=O) groups excluding carboxylic acids is 2. The first kappa shape index (κ1) is 20.5. The molecule has 0 aliphatic carbocycles. The van der Waals surface area contributed by atoms with Gasteiger partial charge in [0, 0.05) is 42.7 Å². The van der Waals surface area contributed by atoms with Crippen LogP contribution in [0.5, 0.6) is 0 Å². The normalized spacial score (nSPS) is 16.7. The Morgan fingerprint density at radius 3 is 2.47 bits per heavy atom. The number of sulfonamides is 1. The lowest BCUT2D eigenvalue weighted by Gasteiger charge is -2.18. The highest BCUT2D eigenvalue weighted by molar-refractivity contribution is 7.93. The summed E-state index contributed by atoms with van der Waals surface area (Å²) < 4.78 is 27.4. The van der Waals surface area contributed by atoms with Crippen molar-refractivity contribution in [3.8, 4) is 0 Å². The maximum atomic E-state index is 13.0. The number of nitrogens with one attached hydrogen (secondary N) is 1. The van der Waals surface area contributed by atoms with E-state index in [0.717, 1.165) is 29.4 Å². The van der Waals surface area contributed by atoms with Crippen molar-refractivity contribution in [2.45, 2.75) is 30.6 Å². The van der Waals surface area contributed by atoms with Crippen LogP contribution in [0.15, 0.2) is 65.6 Å². The van der Waals surface area contributed by atoms with Crippen LogP contribution in [-0.4, -0.2) is 33.3 Å². The third-order valence-corrected chi connectivity index (χ3v) is 7.84. The minimum absolute atomic E-state index is 0.122. The fraction of sp³-hybridized carbons (Fsp3) is 0.250. The molecule has 164 valence electrons. The van der Waals surface area contributed by atoms with E-state index in [1.165, 1.54) is 4.31 Å². The van der Waals surface area contributed by atoms with E-state index < -0.39 is 10.0 Å². The molecule has 0 saturated carbocycles. The van der Waals surface area contributed by atoms with Gasteiger partial charge in [0.1, 0.15) is 0 Å². The Morgan fingerprint density at radius 2 is 1.75 bits per heavy atom. The third kappa shape index (κ3) is 3.50. The number of rotatable bonds is 6. The van der Waals surface area contributed by atoms with Crippen LogP contribution >= 0.6 is 0 Å². The summed E-state index contributed by atoms with van der Waals surface area (Å²) in [6, 6.07) is 18.1. The highest BCUT2D eigenvalue weighted by Gasteiger charge is 2.35. The van der Waals surface area contributed by atoms with Gasteiger partial charge in [-0.2, -0.15) is 0 Å². The van der Waals surface area contributed by atoms with E-state index in [4.69, 9.17) is 0 Å². The summed E-state index contributed by atoms with van der Waals surface area (Å²) in [5.74, 6) is -0.0567. The summed E-state index contributed by atoms with van der Waals surface area (Å²) in [6.45, 7) is 0.959. The van der Waals surface area contributed by atoms with Gasteiger partial charge >= 0.3 is 0 Å². The first-order valence-corrected chi connectivity index (χ1v) is 12.1. The van der Waals surface area contributed by atoms with Crippen molar-refractivity contribution in [1.29, 1.82) is 0 Å². The fourth-order valence-corrected chi connectivity index (χ4v) is 6.20. The maximum absolute atomic E-state index is 13.0. The number of nitrogens with zero attached hydrogens (tertiary/aromatic N) is 2. The molecule has 0 unspecified atom stereocenters. The summed E-state index contributed by atoms with van der Waals surface area (Å²) in [5.41, 5.74) is 2.15. The van der Waals surface area contributed by atoms with Crippen LogP contribution in [0.2, 0.25) is 0 Å². The van der Waals surface area contributed by atoms with E-state index in [0.29, 0.717) is 29.1 Å². The van der Waals surface area contributed by atoms with Crippen LogP contribution < -0.4 is 14.5 Å². The second-order valence-electron chi connectivity index (χ2n) is 8.06. The SMILES string of the molecule is O=C(CCCN1c2cccc3cccc(c23)S1(=O)=O)Nc1ccc(N2CCCC2=O)cc1. The molecule has 0 radical (unpaired) electrons. The molecule has 0 aromatic heterocycles. The Bertz CT molecular complexity index is 1310. The molecule has 8 heteroatoms. The van der Waals surface area contributed by atoms with Crippen LogP contribution in [0.4, 0.5) is 17.1 Å². The molecule has 2 heterocycles. The molecule has 0 atom stereocenters. The molecule has 5 rings (SSSR count). The average molecular weight is 450 g/mol. The third-order valence-electron chi connectivity index (χ3n) is 5.98. The molecule has 1 N–H and O–H groups in total. The molecule has 1 fully saturated rings. The molecule has 2 amide bonds. The summed E-state index contributed by atoms with van der Waals surface area (Å²) in [4.78, 5) is 26.3. The Labute approximate surface area is 186 Å². The fourth-order valence-electron chi connectivity index (χ4n) is 4.45. The predicted molar refractivity (Wildman–Crippen MR) is 124 cm³/mol. The number of carbonyl (C=O) groups is 2. The molecule has 2 aliphatic rings. The van der Waals surface area contributed by atoms with Crippen molar-refractivity contribution in [2.75, 3.05) is 27.6 Å². The van der Waals surface area contributed by atoms with Crippen LogP contribution in [0.1, 0.15) is 25.7 Å². The predicted octanol–water partition coefficient (Wildman–Crippen LogP) is 3.89. The molecule has 2 aliphatic heterocycles. The number of amides is 2. The molecule has 0 spiro atoms. The van der Waals surface area contributed by atoms with Gasteiger partial charge in [-0.15, -0.1) is 0 Å². The minimum atomic E-state index is -3.60. The lowest BCUT2D eigenvalue weighted by molar-refractivity contribution is -0.117. The highest BCUT2D eigenvalue weighted by atomic mass is 32.2. The summed E-state index contributed by atoms with van der Waals surface area (Å²) >= 11 is 0. The smallest absolute Gasteiger partial charge is 0.265 e. The Morgan fingerprint density at radius 1 is 1.00 bits per heavy atom. The zero-order valence-electron chi connectivity index (χ0n) is 17.5. The summed E-state index contributed by atoms with van der Waals surface area (Å²) in [5, 5.41) is 4.48. The van der Waals surface area contributed by atoms with Gasteiger partial charge in [-0.25, -0.2) is 8.42 Å². The van der Waals surface area contributed by atoms with Crippen LogP contribution in [0.25, 0.3) is 10.8 Å². The van der Waals surface area contributed by atoms with Gasteiger partial charge in [0.2, 0.25) is 11.8 Å². The lowest BCUT2D eigenvalue weighted by Crippen LogP contribution is -2.29. The van der Waals surface area contributed by atoms with E-state index in [2.05, 4.69) is 5.32 Å².